The minimum absolute atomic E-state index is 0.108. The number of ether oxygens (including phenoxy) is 3. The van der Waals surface area contributed by atoms with Crippen molar-refractivity contribution in [3.63, 3.8) is 0 Å². The van der Waals surface area contributed by atoms with Crippen LogP contribution in [-0.4, -0.2) is 27.5 Å². The van der Waals surface area contributed by atoms with E-state index in [1.54, 1.807) is 0 Å². The summed E-state index contributed by atoms with van der Waals surface area (Å²) >= 11 is 0. The number of anilines is 1. The molecule has 25 heavy (non-hydrogen) atoms. The molecule has 1 N–H and O–H groups in total. The van der Waals surface area contributed by atoms with Gasteiger partial charge in [0.05, 0.1) is 27.5 Å². The highest BCUT2D eigenvalue weighted by Gasteiger charge is 2.18. The second kappa shape index (κ2) is 7.73. The predicted molar refractivity (Wildman–Crippen MR) is 83.6 cm³/mol. The average Bonchev–Trinajstić information content (AvgIpc) is 2.62. The number of methoxy groups -OCH3 is 3. The van der Waals surface area contributed by atoms with E-state index in [0.717, 1.165) is 6.21 Å². The van der Waals surface area contributed by atoms with Gasteiger partial charge in [-0.15, -0.1) is 0 Å². The summed E-state index contributed by atoms with van der Waals surface area (Å²) in [7, 11) is 4.26. The Labute approximate surface area is 140 Å². The molecular weight excluding hydrogens is 344 g/mol. The second-order valence-electron chi connectivity index (χ2n) is 4.66. The molecule has 134 valence electrons. The molecule has 2 aromatic carbocycles. The van der Waals surface area contributed by atoms with Gasteiger partial charge in [0.15, 0.2) is 34.8 Å². The van der Waals surface area contributed by atoms with E-state index in [1.807, 2.05) is 5.43 Å². The molecule has 0 bridgehead atoms. The molecule has 0 spiro atoms. The summed E-state index contributed by atoms with van der Waals surface area (Å²) in [4.78, 5) is 0. The van der Waals surface area contributed by atoms with Crippen molar-refractivity contribution in [3.8, 4) is 17.2 Å². The summed E-state index contributed by atoms with van der Waals surface area (Å²) in [6, 6.07) is 3.13. The summed E-state index contributed by atoms with van der Waals surface area (Å²) in [6.45, 7) is 0. The van der Waals surface area contributed by atoms with E-state index < -0.39 is 29.0 Å². The van der Waals surface area contributed by atoms with Crippen molar-refractivity contribution in [2.24, 2.45) is 5.10 Å². The Kier molecular flexibility index (Phi) is 5.68. The maximum absolute atomic E-state index is 13.6. The standard InChI is InChI=1S/C16H14F4N2O3/c1-23-11-6-13(25-3)12(24-2)4-8(11)7-21-22-16-14(19)9(17)5-10(18)15(16)20/h4-7,22H,1-3H3. The van der Waals surface area contributed by atoms with E-state index in [4.69, 9.17) is 14.2 Å². The van der Waals surface area contributed by atoms with E-state index in [1.165, 1.54) is 33.5 Å². The van der Waals surface area contributed by atoms with Crippen LogP contribution >= 0.6 is 0 Å². The van der Waals surface area contributed by atoms with Crippen molar-refractivity contribution in [1.29, 1.82) is 0 Å². The number of halogens is 4. The third kappa shape index (κ3) is 3.76. The van der Waals surface area contributed by atoms with Gasteiger partial charge in [-0.05, 0) is 6.07 Å². The predicted octanol–water partition coefficient (Wildman–Crippen LogP) is 3.71. The minimum atomic E-state index is -1.59. The van der Waals surface area contributed by atoms with E-state index >= 15 is 0 Å². The van der Waals surface area contributed by atoms with Crippen LogP contribution < -0.4 is 19.6 Å². The van der Waals surface area contributed by atoms with Gasteiger partial charge in [-0.2, -0.15) is 5.10 Å². The number of hydrogen-bond donors (Lipinski definition) is 1. The van der Waals surface area contributed by atoms with Crippen LogP contribution in [0.2, 0.25) is 0 Å². The van der Waals surface area contributed by atoms with Crippen molar-refractivity contribution in [1.82, 2.24) is 0 Å². The van der Waals surface area contributed by atoms with Gasteiger partial charge in [0.1, 0.15) is 11.4 Å². The van der Waals surface area contributed by atoms with Crippen LogP contribution in [0.1, 0.15) is 5.56 Å². The molecule has 0 aliphatic heterocycles. The fourth-order valence-electron chi connectivity index (χ4n) is 1.99. The van der Waals surface area contributed by atoms with Gasteiger partial charge in [-0.3, -0.25) is 5.43 Å². The molecule has 0 aromatic heterocycles. The first-order chi connectivity index (χ1) is 11.9. The smallest absolute Gasteiger partial charge is 0.186 e. The van der Waals surface area contributed by atoms with Crippen molar-refractivity contribution in [2.75, 3.05) is 26.8 Å². The number of nitrogens with one attached hydrogen (secondary N) is 1. The lowest BCUT2D eigenvalue weighted by atomic mass is 10.2. The molecule has 0 saturated carbocycles. The Bertz CT molecular complexity index is 786. The molecule has 0 radical (unpaired) electrons. The first-order valence-electron chi connectivity index (χ1n) is 6.85. The van der Waals surface area contributed by atoms with Crippen LogP contribution in [0, 0.1) is 23.3 Å². The van der Waals surface area contributed by atoms with Gasteiger partial charge >= 0.3 is 0 Å². The molecule has 2 rings (SSSR count). The summed E-state index contributed by atoms with van der Waals surface area (Å²) in [5.41, 5.74) is 1.26. The third-order valence-corrected chi connectivity index (χ3v) is 3.23. The first-order valence-corrected chi connectivity index (χ1v) is 6.85. The molecule has 0 aliphatic rings. The highest BCUT2D eigenvalue weighted by Crippen LogP contribution is 2.33. The molecule has 0 fully saturated rings. The van der Waals surface area contributed by atoms with Crippen molar-refractivity contribution in [2.45, 2.75) is 0 Å². The Morgan fingerprint density at radius 1 is 0.800 bits per heavy atom. The van der Waals surface area contributed by atoms with Crippen LogP contribution in [0.3, 0.4) is 0 Å². The van der Waals surface area contributed by atoms with Gasteiger partial charge in [0.2, 0.25) is 0 Å². The van der Waals surface area contributed by atoms with Crippen molar-refractivity contribution < 1.29 is 31.8 Å². The molecule has 2 aromatic rings. The van der Waals surface area contributed by atoms with Crippen molar-refractivity contribution in [3.05, 3.63) is 47.0 Å². The van der Waals surface area contributed by atoms with E-state index in [-0.39, 0.29) is 6.07 Å². The molecule has 5 nitrogen and oxygen atoms in total. The van der Waals surface area contributed by atoms with Crippen LogP contribution in [0.5, 0.6) is 17.2 Å². The van der Waals surface area contributed by atoms with Gasteiger partial charge in [0, 0.05) is 17.7 Å². The van der Waals surface area contributed by atoms with Gasteiger partial charge in [-0.1, -0.05) is 0 Å². The number of rotatable bonds is 6. The first kappa shape index (κ1) is 18.4. The van der Waals surface area contributed by atoms with Gasteiger partial charge in [0.25, 0.3) is 0 Å². The lowest BCUT2D eigenvalue weighted by Crippen LogP contribution is -2.03. The van der Waals surface area contributed by atoms with E-state index in [2.05, 4.69) is 5.10 Å². The maximum atomic E-state index is 13.6. The van der Waals surface area contributed by atoms with Crippen LogP contribution in [-0.2, 0) is 0 Å². The average molecular weight is 358 g/mol. The zero-order valence-electron chi connectivity index (χ0n) is 13.5. The van der Waals surface area contributed by atoms with E-state index in [0.29, 0.717) is 22.8 Å². The zero-order valence-corrected chi connectivity index (χ0v) is 13.5. The summed E-state index contributed by atoms with van der Waals surface area (Å²) < 4.78 is 68.8. The Balaban J connectivity index is 2.35. The Morgan fingerprint density at radius 2 is 1.32 bits per heavy atom. The molecule has 0 aliphatic carbocycles. The quantitative estimate of drug-likeness (QED) is 0.370. The van der Waals surface area contributed by atoms with Crippen molar-refractivity contribution >= 4 is 11.9 Å². The summed E-state index contributed by atoms with van der Waals surface area (Å²) in [5, 5.41) is 3.59. The second-order valence-corrected chi connectivity index (χ2v) is 4.66. The number of hydrazone groups is 1. The van der Waals surface area contributed by atoms with Crippen LogP contribution in [0.15, 0.2) is 23.3 Å². The largest absolute Gasteiger partial charge is 0.496 e. The lowest BCUT2D eigenvalue weighted by Gasteiger charge is -2.12. The highest BCUT2D eigenvalue weighted by atomic mass is 19.2. The lowest BCUT2D eigenvalue weighted by molar-refractivity contribution is 0.349. The molecule has 0 atom stereocenters. The normalized spacial score (nSPS) is 10.8. The zero-order chi connectivity index (χ0) is 18.6. The molecule has 0 saturated heterocycles. The highest BCUT2D eigenvalue weighted by molar-refractivity contribution is 5.85. The molecule has 0 heterocycles. The molecule has 9 heteroatoms. The Morgan fingerprint density at radius 3 is 1.84 bits per heavy atom. The van der Waals surface area contributed by atoms with Crippen LogP contribution in [0.4, 0.5) is 23.2 Å². The van der Waals surface area contributed by atoms with E-state index in [9.17, 15) is 17.6 Å². The number of hydrogen-bond acceptors (Lipinski definition) is 5. The fourth-order valence-corrected chi connectivity index (χ4v) is 1.99. The SMILES string of the molecule is COc1cc(OC)c(OC)cc1C=NNc1c(F)c(F)cc(F)c1F. The monoisotopic (exact) mass is 358 g/mol. The maximum Gasteiger partial charge on any atom is 0.186 e. The molecule has 0 amide bonds. The minimum Gasteiger partial charge on any atom is -0.496 e. The van der Waals surface area contributed by atoms with Gasteiger partial charge < -0.3 is 14.2 Å². The summed E-state index contributed by atoms with van der Waals surface area (Å²) in [6.07, 6.45) is 1.14. The Hall–Kier alpha value is -2.97. The third-order valence-electron chi connectivity index (χ3n) is 3.23. The fraction of sp³-hybridized carbons (Fsp3) is 0.188. The topological polar surface area (TPSA) is 52.1 Å². The number of benzene rings is 2. The molecule has 0 unspecified atom stereocenters. The van der Waals surface area contributed by atoms with Crippen LogP contribution in [0.25, 0.3) is 0 Å². The summed E-state index contributed by atoms with van der Waals surface area (Å²) in [5.74, 6) is -5.17. The van der Waals surface area contributed by atoms with Gasteiger partial charge in [-0.25, -0.2) is 17.6 Å². The molecular formula is C16H14F4N2O3. The number of nitrogens with zero attached hydrogens (tertiary/aromatic N) is 1.